The molecule has 6 nitrogen and oxygen atoms in total. The van der Waals surface area contributed by atoms with Crippen LogP contribution >= 0.6 is 0 Å². The fourth-order valence-corrected chi connectivity index (χ4v) is 3.83. The summed E-state index contributed by atoms with van der Waals surface area (Å²) in [4.78, 5) is 19.2. The van der Waals surface area contributed by atoms with E-state index in [1.807, 2.05) is 54.6 Å². The van der Waals surface area contributed by atoms with Crippen LogP contribution in [0.5, 0.6) is 5.75 Å². The maximum absolute atomic E-state index is 12.4. The van der Waals surface area contributed by atoms with Crippen LogP contribution in [0.25, 0.3) is 16.5 Å². The van der Waals surface area contributed by atoms with Crippen LogP contribution in [0.1, 0.15) is 11.3 Å². The standard InChI is InChI=1S/C24H22N2O4/c27-24-23(22(16-30-24)26-11-13-28-14-12-26)18-6-9-20(10-7-18)29-15-19-8-5-17-3-1-2-4-21(17)25-19/h1-10H,11-16H2. The minimum absolute atomic E-state index is 0.273. The molecule has 5 rings (SSSR count). The van der Waals surface area contributed by atoms with E-state index in [2.05, 4.69) is 16.0 Å². The van der Waals surface area contributed by atoms with E-state index in [1.165, 1.54) is 0 Å². The zero-order valence-corrected chi connectivity index (χ0v) is 16.5. The molecular weight excluding hydrogens is 380 g/mol. The van der Waals surface area contributed by atoms with Crippen molar-refractivity contribution in [2.24, 2.45) is 0 Å². The van der Waals surface area contributed by atoms with Crippen molar-refractivity contribution in [3.63, 3.8) is 0 Å². The zero-order valence-electron chi connectivity index (χ0n) is 16.5. The number of carbonyl (C=O) groups excluding carboxylic acids is 1. The summed E-state index contributed by atoms with van der Waals surface area (Å²) in [5, 5.41) is 1.11. The molecule has 1 aromatic heterocycles. The van der Waals surface area contributed by atoms with Crippen molar-refractivity contribution in [3.8, 4) is 5.75 Å². The molecule has 0 N–H and O–H groups in total. The summed E-state index contributed by atoms with van der Waals surface area (Å²) in [7, 11) is 0. The van der Waals surface area contributed by atoms with Gasteiger partial charge in [-0.15, -0.1) is 0 Å². The van der Waals surface area contributed by atoms with Gasteiger partial charge in [0.15, 0.2) is 0 Å². The van der Waals surface area contributed by atoms with Crippen LogP contribution < -0.4 is 4.74 Å². The molecule has 1 saturated heterocycles. The first kappa shape index (κ1) is 18.6. The van der Waals surface area contributed by atoms with E-state index >= 15 is 0 Å². The topological polar surface area (TPSA) is 60.9 Å². The molecule has 0 spiro atoms. The number of rotatable bonds is 5. The Balaban J connectivity index is 1.31. The number of pyridine rings is 1. The van der Waals surface area contributed by atoms with E-state index in [4.69, 9.17) is 14.2 Å². The Hall–Kier alpha value is -3.38. The molecule has 1 fully saturated rings. The number of benzene rings is 2. The molecule has 0 atom stereocenters. The van der Waals surface area contributed by atoms with Crippen LogP contribution in [0.4, 0.5) is 0 Å². The lowest BCUT2D eigenvalue weighted by Gasteiger charge is -2.29. The number of carbonyl (C=O) groups is 1. The fourth-order valence-electron chi connectivity index (χ4n) is 3.83. The monoisotopic (exact) mass is 402 g/mol. The molecule has 0 saturated carbocycles. The van der Waals surface area contributed by atoms with Gasteiger partial charge in [-0.05, 0) is 29.8 Å². The third-order valence-electron chi connectivity index (χ3n) is 5.41. The molecule has 6 heteroatoms. The van der Waals surface area contributed by atoms with Crippen molar-refractivity contribution in [2.45, 2.75) is 6.61 Å². The van der Waals surface area contributed by atoms with Gasteiger partial charge in [-0.25, -0.2) is 9.78 Å². The number of hydrogen-bond donors (Lipinski definition) is 0. The fraction of sp³-hybridized carbons (Fsp3) is 0.250. The zero-order chi connectivity index (χ0) is 20.3. The summed E-state index contributed by atoms with van der Waals surface area (Å²) in [6.45, 7) is 3.58. The van der Waals surface area contributed by atoms with E-state index in [0.29, 0.717) is 32.0 Å². The van der Waals surface area contributed by atoms with Crippen molar-refractivity contribution < 1.29 is 19.0 Å². The third-order valence-corrected chi connectivity index (χ3v) is 5.41. The van der Waals surface area contributed by atoms with E-state index in [1.54, 1.807) is 0 Å². The van der Waals surface area contributed by atoms with E-state index < -0.39 is 0 Å². The van der Waals surface area contributed by atoms with Crippen molar-refractivity contribution >= 4 is 22.4 Å². The van der Waals surface area contributed by atoms with Crippen LogP contribution in [-0.4, -0.2) is 48.8 Å². The largest absolute Gasteiger partial charge is 0.487 e. The minimum atomic E-state index is -0.273. The van der Waals surface area contributed by atoms with Gasteiger partial charge < -0.3 is 19.1 Å². The molecule has 0 unspecified atom stereocenters. The number of cyclic esters (lactones) is 1. The highest BCUT2D eigenvalue weighted by molar-refractivity contribution is 6.19. The average molecular weight is 402 g/mol. The molecule has 2 aliphatic heterocycles. The maximum atomic E-state index is 12.4. The van der Waals surface area contributed by atoms with E-state index in [9.17, 15) is 4.79 Å². The first-order valence-corrected chi connectivity index (χ1v) is 10.1. The Morgan fingerprint density at radius 2 is 1.77 bits per heavy atom. The molecule has 0 amide bonds. The Kier molecular flexibility index (Phi) is 5.07. The summed E-state index contributed by atoms with van der Waals surface area (Å²) in [5.74, 6) is 0.458. The van der Waals surface area contributed by atoms with Crippen LogP contribution in [0.15, 0.2) is 66.4 Å². The lowest BCUT2D eigenvalue weighted by Crippen LogP contribution is -2.36. The van der Waals surface area contributed by atoms with Crippen molar-refractivity contribution in [2.75, 3.05) is 32.9 Å². The van der Waals surface area contributed by atoms with Crippen LogP contribution in [-0.2, 0) is 20.9 Å². The normalized spacial score (nSPS) is 16.8. The van der Waals surface area contributed by atoms with Crippen LogP contribution in [0.2, 0.25) is 0 Å². The predicted octanol–water partition coefficient (Wildman–Crippen LogP) is 3.41. The third kappa shape index (κ3) is 3.74. The quantitative estimate of drug-likeness (QED) is 0.610. The molecule has 3 heterocycles. The molecule has 0 aliphatic carbocycles. The maximum Gasteiger partial charge on any atom is 0.341 e. The number of esters is 1. The van der Waals surface area contributed by atoms with Crippen molar-refractivity contribution in [1.29, 1.82) is 0 Å². The van der Waals surface area contributed by atoms with Crippen LogP contribution in [0.3, 0.4) is 0 Å². The number of para-hydroxylation sites is 1. The molecule has 0 radical (unpaired) electrons. The number of fused-ring (bicyclic) bond motifs is 1. The van der Waals surface area contributed by atoms with Gasteiger partial charge >= 0.3 is 5.97 Å². The van der Waals surface area contributed by atoms with Gasteiger partial charge in [-0.1, -0.05) is 36.4 Å². The average Bonchev–Trinajstić information content (AvgIpc) is 3.20. The van der Waals surface area contributed by atoms with Crippen molar-refractivity contribution in [1.82, 2.24) is 9.88 Å². The molecule has 2 aliphatic rings. The van der Waals surface area contributed by atoms with Gasteiger partial charge in [-0.3, -0.25) is 0 Å². The molecule has 0 bridgehead atoms. The van der Waals surface area contributed by atoms with Crippen LogP contribution in [0, 0.1) is 0 Å². The highest BCUT2D eigenvalue weighted by Gasteiger charge is 2.30. The van der Waals surface area contributed by atoms with Gasteiger partial charge in [0, 0.05) is 18.5 Å². The second-order valence-electron chi connectivity index (χ2n) is 7.31. The molecule has 152 valence electrons. The molecule has 30 heavy (non-hydrogen) atoms. The minimum Gasteiger partial charge on any atom is -0.487 e. The molecule has 2 aromatic carbocycles. The summed E-state index contributed by atoms with van der Waals surface area (Å²) < 4.78 is 16.6. The molecule has 3 aromatic rings. The highest BCUT2D eigenvalue weighted by atomic mass is 16.5. The smallest absolute Gasteiger partial charge is 0.341 e. The number of ether oxygens (including phenoxy) is 3. The van der Waals surface area contributed by atoms with E-state index in [-0.39, 0.29) is 5.97 Å². The lowest BCUT2D eigenvalue weighted by atomic mass is 10.0. The Morgan fingerprint density at radius 3 is 2.60 bits per heavy atom. The predicted molar refractivity (Wildman–Crippen MR) is 113 cm³/mol. The summed E-state index contributed by atoms with van der Waals surface area (Å²) in [6.07, 6.45) is 0. The number of hydrogen-bond acceptors (Lipinski definition) is 6. The Bertz CT molecular complexity index is 1100. The van der Waals surface area contributed by atoms with Gasteiger partial charge in [0.25, 0.3) is 0 Å². The summed E-state index contributed by atoms with van der Waals surface area (Å²) >= 11 is 0. The lowest BCUT2D eigenvalue weighted by molar-refractivity contribution is -0.134. The van der Waals surface area contributed by atoms with Gasteiger partial charge in [0.1, 0.15) is 19.0 Å². The second-order valence-corrected chi connectivity index (χ2v) is 7.31. The first-order chi connectivity index (χ1) is 14.8. The highest BCUT2D eigenvalue weighted by Crippen LogP contribution is 2.30. The molecular formula is C24H22N2O4. The Labute approximate surface area is 174 Å². The Morgan fingerprint density at radius 1 is 0.967 bits per heavy atom. The van der Waals surface area contributed by atoms with Gasteiger partial charge in [0.2, 0.25) is 0 Å². The number of nitrogens with zero attached hydrogens (tertiary/aromatic N) is 2. The summed E-state index contributed by atoms with van der Waals surface area (Å²) in [5.41, 5.74) is 4.25. The summed E-state index contributed by atoms with van der Waals surface area (Å²) in [6, 6.07) is 19.6. The van der Waals surface area contributed by atoms with Gasteiger partial charge in [0.05, 0.1) is 35.7 Å². The van der Waals surface area contributed by atoms with Gasteiger partial charge in [-0.2, -0.15) is 0 Å². The van der Waals surface area contributed by atoms with E-state index in [0.717, 1.165) is 46.7 Å². The SMILES string of the molecule is O=C1OCC(N2CCOCC2)=C1c1ccc(OCc2ccc3ccccc3n2)cc1. The number of morpholine rings is 1. The second kappa shape index (κ2) is 8.16. The number of aromatic nitrogens is 1. The first-order valence-electron chi connectivity index (χ1n) is 10.1. The van der Waals surface area contributed by atoms with Crippen molar-refractivity contribution in [3.05, 3.63) is 77.6 Å².